The Morgan fingerprint density at radius 3 is 2.90 bits per heavy atom. The first-order valence-electron chi connectivity index (χ1n) is 6.86. The molecule has 6 heteroatoms. The highest BCUT2D eigenvalue weighted by Gasteiger charge is 2.29. The predicted molar refractivity (Wildman–Crippen MR) is 76.1 cm³/mol. The van der Waals surface area contributed by atoms with E-state index in [-0.39, 0.29) is 23.4 Å². The van der Waals surface area contributed by atoms with E-state index < -0.39 is 9.84 Å². The number of nitrogens with one attached hydrogen (secondary N) is 1. The number of hydrogen-bond acceptors (Lipinski definition) is 4. The van der Waals surface area contributed by atoms with Gasteiger partial charge in [0, 0.05) is 12.1 Å². The van der Waals surface area contributed by atoms with Crippen molar-refractivity contribution in [1.82, 2.24) is 5.32 Å². The van der Waals surface area contributed by atoms with E-state index >= 15 is 0 Å². The molecule has 20 heavy (non-hydrogen) atoms. The molecule has 112 valence electrons. The van der Waals surface area contributed by atoms with Gasteiger partial charge in [0.25, 0.3) is 0 Å². The molecule has 1 aromatic carbocycles. The first-order chi connectivity index (χ1) is 9.50. The summed E-state index contributed by atoms with van der Waals surface area (Å²) in [5.74, 6) is 0.468. The molecule has 1 N–H and O–H groups in total. The summed E-state index contributed by atoms with van der Waals surface area (Å²) in [7, 11) is -2.97. The van der Waals surface area contributed by atoms with E-state index in [1.807, 2.05) is 0 Å². The van der Waals surface area contributed by atoms with Crippen LogP contribution in [0.3, 0.4) is 0 Å². The fourth-order valence-electron chi connectivity index (χ4n) is 2.23. The van der Waals surface area contributed by atoms with E-state index in [0.29, 0.717) is 18.7 Å². The van der Waals surface area contributed by atoms with Gasteiger partial charge in [-0.3, -0.25) is 0 Å². The Labute approximate surface area is 119 Å². The van der Waals surface area contributed by atoms with Gasteiger partial charge < -0.3 is 10.1 Å². The van der Waals surface area contributed by atoms with E-state index in [9.17, 15) is 12.8 Å². The molecule has 0 saturated carbocycles. The molecule has 4 nitrogen and oxygen atoms in total. The SMILES string of the molecule is CCCNCc1cc(F)ccc1OC1CCS(=O)(=O)C1. The largest absolute Gasteiger partial charge is 0.489 e. The van der Waals surface area contributed by atoms with Crippen LogP contribution >= 0.6 is 0 Å². The van der Waals surface area contributed by atoms with Crippen LogP contribution in [0.15, 0.2) is 18.2 Å². The van der Waals surface area contributed by atoms with Crippen molar-refractivity contribution in [3.8, 4) is 5.75 Å². The minimum Gasteiger partial charge on any atom is -0.489 e. The van der Waals surface area contributed by atoms with Crippen molar-refractivity contribution in [2.45, 2.75) is 32.4 Å². The highest BCUT2D eigenvalue weighted by Crippen LogP contribution is 2.24. The molecular formula is C14H20FNO3S. The molecule has 0 amide bonds. The second-order valence-corrected chi connectivity index (χ2v) is 7.30. The molecule has 1 aliphatic heterocycles. The van der Waals surface area contributed by atoms with Crippen molar-refractivity contribution in [2.24, 2.45) is 0 Å². The van der Waals surface area contributed by atoms with Crippen LogP contribution in [0.25, 0.3) is 0 Å². The summed E-state index contributed by atoms with van der Waals surface area (Å²) in [5.41, 5.74) is 0.725. The summed E-state index contributed by atoms with van der Waals surface area (Å²) in [6.07, 6.45) is 1.17. The lowest BCUT2D eigenvalue weighted by atomic mass is 10.2. The minimum atomic E-state index is -2.97. The number of benzene rings is 1. The second kappa shape index (κ2) is 6.54. The lowest BCUT2D eigenvalue weighted by Crippen LogP contribution is -2.20. The Balaban J connectivity index is 2.06. The average Bonchev–Trinajstić information content (AvgIpc) is 2.72. The molecular weight excluding hydrogens is 281 g/mol. The third-order valence-corrected chi connectivity index (χ3v) is 4.99. The average molecular weight is 301 g/mol. The molecule has 1 atom stereocenters. The second-order valence-electron chi connectivity index (χ2n) is 5.07. The summed E-state index contributed by atoms with van der Waals surface area (Å²) < 4.78 is 41.9. The van der Waals surface area contributed by atoms with Gasteiger partial charge in [-0.1, -0.05) is 6.92 Å². The van der Waals surface area contributed by atoms with Crippen LogP contribution in [-0.2, 0) is 16.4 Å². The number of rotatable bonds is 6. The topological polar surface area (TPSA) is 55.4 Å². The first kappa shape index (κ1) is 15.3. The van der Waals surface area contributed by atoms with Gasteiger partial charge in [-0.15, -0.1) is 0 Å². The summed E-state index contributed by atoms with van der Waals surface area (Å²) in [6.45, 7) is 3.41. The zero-order chi connectivity index (χ0) is 14.6. The number of halogens is 1. The molecule has 1 aromatic rings. The molecule has 0 aliphatic carbocycles. The molecule has 0 bridgehead atoms. The van der Waals surface area contributed by atoms with Gasteiger partial charge in [-0.05, 0) is 37.6 Å². The Morgan fingerprint density at radius 1 is 1.45 bits per heavy atom. The summed E-state index contributed by atoms with van der Waals surface area (Å²) in [4.78, 5) is 0. The highest BCUT2D eigenvalue weighted by molar-refractivity contribution is 7.91. The molecule has 1 fully saturated rings. The van der Waals surface area contributed by atoms with Gasteiger partial charge in [0.15, 0.2) is 9.84 Å². The van der Waals surface area contributed by atoms with Crippen molar-refractivity contribution >= 4 is 9.84 Å². The fraction of sp³-hybridized carbons (Fsp3) is 0.571. The predicted octanol–water partition coefficient (Wildman–Crippen LogP) is 1.89. The van der Waals surface area contributed by atoms with Gasteiger partial charge in [0.05, 0.1) is 11.5 Å². The van der Waals surface area contributed by atoms with Crippen LogP contribution in [0.5, 0.6) is 5.75 Å². The van der Waals surface area contributed by atoms with Gasteiger partial charge in [-0.2, -0.15) is 0 Å². The highest BCUT2D eigenvalue weighted by atomic mass is 32.2. The van der Waals surface area contributed by atoms with Crippen LogP contribution in [0.2, 0.25) is 0 Å². The van der Waals surface area contributed by atoms with Crippen LogP contribution in [0.1, 0.15) is 25.3 Å². The molecule has 2 rings (SSSR count). The Kier molecular flexibility index (Phi) is 4.99. The van der Waals surface area contributed by atoms with Crippen molar-refractivity contribution < 1.29 is 17.5 Å². The standard InChI is InChI=1S/C14H20FNO3S/c1-2-6-16-9-11-8-12(15)3-4-14(11)19-13-5-7-20(17,18)10-13/h3-4,8,13,16H,2,5-7,9-10H2,1H3. The minimum absolute atomic E-state index is 0.0478. The molecule has 1 unspecified atom stereocenters. The van der Waals surface area contributed by atoms with Gasteiger partial charge in [0.2, 0.25) is 0 Å². The molecule has 1 saturated heterocycles. The third kappa shape index (κ3) is 4.18. The van der Waals surface area contributed by atoms with E-state index in [2.05, 4.69) is 12.2 Å². The summed E-state index contributed by atoms with van der Waals surface area (Å²) >= 11 is 0. The van der Waals surface area contributed by atoms with Crippen molar-refractivity contribution in [1.29, 1.82) is 0 Å². The smallest absolute Gasteiger partial charge is 0.154 e. The molecule has 1 aliphatic rings. The summed E-state index contributed by atoms with van der Waals surface area (Å²) in [5, 5.41) is 3.20. The normalized spacial score (nSPS) is 21.0. The zero-order valence-corrected chi connectivity index (χ0v) is 12.4. The third-order valence-electron chi connectivity index (χ3n) is 3.25. The van der Waals surface area contributed by atoms with Crippen LogP contribution < -0.4 is 10.1 Å². The van der Waals surface area contributed by atoms with Crippen molar-refractivity contribution in [2.75, 3.05) is 18.1 Å². The number of ether oxygens (including phenoxy) is 1. The lowest BCUT2D eigenvalue weighted by Gasteiger charge is -2.16. The van der Waals surface area contributed by atoms with E-state index in [1.54, 1.807) is 6.07 Å². The van der Waals surface area contributed by atoms with Crippen molar-refractivity contribution in [3.63, 3.8) is 0 Å². The Bertz CT molecular complexity index is 560. The van der Waals surface area contributed by atoms with E-state index in [0.717, 1.165) is 18.5 Å². The monoisotopic (exact) mass is 301 g/mol. The first-order valence-corrected chi connectivity index (χ1v) is 8.68. The molecule has 0 radical (unpaired) electrons. The lowest BCUT2D eigenvalue weighted by molar-refractivity contribution is 0.226. The van der Waals surface area contributed by atoms with Crippen LogP contribution in [0, 0.1) is 5.82 Å². The van der Waals surface area contributed by atoms with Crippen LogP contribution in [-0.4, -0.2) is 32.6 Å². The van der Waals surface area contributed by atoms with E-state index in [4.69, 9.17) is 4.74 Å². The van der Waals surface area contributed by atoms with Crippen LogP contribution in [0.4, 0.5) is 4.39 Å². The van der Waals surface area contributed by atoms with E-state index in [1.165, 1.54) is 12.1 Å². The number of hydrogen-bond donors (Lipinski definition) is 1. The van der Waals surface area contributed by atoms with Gasteiger partial charge in [-0.25, -0.2) is 12.8 Å². The summed E-state index contributed by atoms with van der Waals surface area (Å²) in [6, 6.07) is 4.34. The zero-order valence-electron chi connectivity index (χ0n) is 11.6. The molecule has 0 aromatic heterocycles. The van der Waals surface area contributed by atoms with Crippen molar-refractivity contribution in [3.05, 3.63) is 29.6 Å². The fourth-order valence-corrected chi connectivity index (χ4v) is 3.82. The Hall–Kier alpha value is -1.14. The maximum atomic E-state index is 13.3. The quantitative estimate of drug-likeness (QED) is 0.815. The molecule has 0 spiro atoms. The maximum Gasteiger partial charge on any atom is 0.154 e. The molecule has 1 heterocycles. The number of sulfone groups is 1. The Morgan fingerprint density at radius 2 is 2.25 bits per heavy atom. The maximum absolute atomic E-state index is 13.3. The van der Waals surface area contributed by atoms with Gasteiger partial charge in [0.1, 0.15) is 17.7 Å². The van der Waals surface area contributed by atoms with Gasteiger partial charge >= 0.3 is 0 Å².